The van der Waals surface area contributed by atoms with Gasteiger partial charge in [0.05, 0.1) is 6.10 Å². The van der Waals surface area contributed by atoms with Gasteiger partial charge in [0.15, 0.2) is 0 Å². The highest BCUT2D eigenvalue weighted by Crippen LogP contribution is 2.29. The van der Waals surface area contributed by atoms with E-state index in [9.17, 15) is 5.11 Å². The van der Waals surface area contributed by atoms with Gasteiger partial charge in [-0.1, -0.05) is 18.5 Å². The fourth-order valence-electron chi connectivity index (χ4n) is 2.89. The first-order valence-electron chi connectivity index (χ1n) is 7.54. The summed E-state index contributed by atoms with van der Waals surface area (Å²) >= 11 is 6.12. The molecular weight excluding hydrogens is 272 g/mol. The van der Waals surface area contributed by atoms with Gasteiger partial charge >= 0.3 is 0 Å². The smallest absolute Gasteiger partial charge is 0.0541 e. The van der Waals surface area contributed by atoms with Gasteiger partial charge in [0.2, 0.25) is 0 Å². The van der Waals surface area contributed by atoms with Gasteiger partial charge < -0.3 is 15.3 Å². The lowest BCUT2D eigenvalue weighted by atomic mass is 9.91. The summed E-state index contributed by atoms with van der Waals surface area (Å²) in [5.41, 5.74) is 2.54. The molecule has 20 heavy (non-hydrogen) atoms. The van der Waals surface area contributed by atoms with Crippen LogP contribution in [0.25, 0.3) is 0 Å². The Morgan fingerprint density at radius 1 is 1.40 bits per heavy atom. The Bertz CT molecular complexity index is 428. The average molecular weight is 297 g/mol. The summed E-state index contributed by atoms with van der Waals surface area (Å²) in [5, 5.41) is 13.9. The standard InChI is InChI=1S/C16H25ClN2O/c1-3-18-11-14-10-15(17)4-5-16(14)19-8-6-13(7-9-19)12(2)20/h4-5,10,12-13,18,20H,3,6-9,11H2,1-2H3. The molecule has 1 heterocycles. The van der Waals surface area contributed by atoms with Crippen LogP contribution in [0.1, 0.15) is 32.3 Å². The van der Waals surface area contributed by atoms with Crippen LogP contribution in [0, 0.1) is 5.92 Å². The van der Waals surface area contributed by atoms with Crippen LogP contribution in [0.2, 0.25) is 5.02 Å². The fourth-order valence-corrected chi connectivity index (χ4v) is 3.08. The molecule has 2 N–H and O–H groups in total. The average Bonchev–Trinajstić information content (AvgIpc) is 2.45. The molecule has 0 spiro atoms. The van der Waals surface area contributed by atoms with E-state index < -0.39 is 0 Å². The van der Waals surface area contributed by atoms with E-state index in [1.54, 1.807) is 0 Å². The molecule has 2 rings (SSSR count). The summed E-state index contributed by atoms with van der Waals surface area (Å²) in [6.07, 6.45) is 1.92. The number of halogens is 1. The highest BCUT2D eigenvalue weighted by Gasteiger charge is 2.23. The molecule has 1 aromatic rings. The van der Waals surface area contributed by atoms with Crippen molar-refractivity contribution in [2.45, 2.75) is 39.3 Å². The molecule has 3 nitrogen and oxygen atoms in total. The summed E-state index contributed by atoms with van der Waals surface area (Å²) < 4.78 is 0. The maximum Gasteiger partial charge on any atom is 0.0541 e. The van der Waals surface area contributed by atoms with Crippen LogP contribution in [-0.4, -0.2) is 30.8 Å². The van der Waals surface area contributed by atoms with Gasteiger partial charge in [0, 0.05) is 30.3 Å². The van der Waals surface area contributed by atoms with Crippen molar-refractivity contribution in [1.29, 1.82) is 0 Å². The van der Waals surface area contributed by atoms with E-state index in [1.165, 1.54) is 11.3 Å². The van der Waals surface area contributed by atoms with E-state index >= 15 is 0 Å². The second-order valence-corrected chi connectivity index (χ2v) is 6.05. The molecule has 1 unspecified atom stereocenters. The van der Waals surface area contributed by atoms with Crippen LogP contribution in [0.4, 0.5) is 5.69 Å². The minimum absolute atomic E-state index is 0.191. The first-order valence-corrected chi connectivity index (χ1v) is 7.91. The molecule has 1 fully saturated rings. The predicted molar refractivity (Wildman–Crippen MR) is 85.5 cm³/mol. The van der Waals surface area contributed by atoms with Crippen molar-refractivity contribution in [2.75, 3.05) is 24.5 Å². The van der Waals surface area contributed by atoms with Gasteiger partial charge in [0.1, 0.15) is 0 Å². The normalized spacial score (nSPS) is 18.3. The van der Waals surface area contributed by atoms with Crippen molar-refractivity contribution < 1.29 is 5.11 Å². The second-order valence-electron chi connectivity index (χ2n) is 5.62. The van der Waals surface area contributed by atoms with E-state index in [-0.39, 0.29) is 6.10 Å². The van der Waals surface area contributed by atoms with Gasteiger partial charge in [-0.2, -0.15) is 0 Å². The summed E-state index contributed by atoms with van der Waals surface area (Å²) in [4.78, 5) is 2.42. The molecule has 4 heteroatoms. The first kappa shape index (κ1) is 15.6. The number of hydrogen-bond donors (Lipinski definition) is 2. The SMILES string of the molecule is CCNCc1cc(Cl)ccc1N1CCC(C(C)O)CC1. The maximum absolute atomic E-state index is 9.70. The molecule has 1 atom stereocenters. The third-order valence-corrected chi connectivity index (χ3v) is 4.40. The first-order chi connectivity index (χ1) is 9.61. The molecule has 0 aliphatic carbocycles. The van der Waals surface area contributed by atoms with Gasteiger partial charge in [-0.05, 0) is 56.0 Å². The molecule has 1 aromatic carbocycles. The van der Waals surface area contributed by atoms with Crippen LogP contribution < -0.4 is 10.2 Å². The Balaban J connectivity index is 2.08. The summed E-state index contributed by atoms with van der Waals surface area (Å²) in [7, 11) is 0. The number of aliphatic hydroxyl groups excluding tert-OH is 1. The van der Waals surface area contributed by atoms with Crippen LogP contribution in [0.5, 0.6) is 0 Å². The van der Waals surface area contributed by atoms with E-state index in [4.69, 9.17) is 11.6 Å². The number of anilines is 1. The Morgan fingerprint density at radius 2 is 2.10 bits per heavy atom. The zero-order valence-corrected chi connectivity index (χ0v) is 13.2. The van der Waals surface area contributed by atoms with Crippen molar-refractivity contribution >= 4 is 17.3 Å². The molecule has 1 aliphatic rings. The van der Waals surface area contributed by atoms with E-state index in [0.717, 1.165) is 44.0 Å². The Kier molecular flexibility index (Phi) is 5.70. The minimum Gasteiger partial charge on any atom is -0.393 e. The Labute approximate surface area is 126 Å². The monoisotopic (exact) mass is 296 g/mol. The number of rotatable bonds is 5. The van der Waals surface area contributed by atoms with Gasteiger partial charge in [-0.3, -0.25) is 0 Å². The predicted octanol–water partition coefficient (Wildman–Crippen LogP) is 3.05. The summed E-state index contributed by atoms with van der Waals surface area (Å²) in [5.74, 6) is 0.441. The van der Waals surface area contributed by atoms with Crippen LogP contribution in [0.3, 0.4) is 0 Å². The molecule has 112 valence electrons. The van der Waals surface area contributed by atoms with Gasteiger partial charge in [-0.15, -0.1) is 0 Å². The second kappa shape index (κ2) is 7.30. The van der Waals surface area contributed by atoms with Crippen LogP contribution >= 0.6 is 11.6 Å². The molecule has 0 amide bonds. The number of aliphatic hydroxyl groups is 1. The third-order valence-electron chi connectivity index (χ3n) is 4.17. The number of benzene rings is 1. The minimum atomic E-state index is -0.191. The van der Waals surface area contributed by atoms with Crippen molar-refractivity contribution in [2.24, 2.45) is 5.92 Å². The number of piperidine rings is 1. The number of nitrogens with zero attached hydrogens (tertiary/aromatic N) is 1. The van der Waals surface area contributed by atoms with Crippen molar-refractivity contribution in [1.82, 2.24) is 5.32 Å². The highest BCUT2D eigenvalue weighted by atomic mass is 35.5. The summed E-state index contributed by atoms with van der Waals surface area (Å²) in [6.45, 7) is 7.84. The molecule has 0 bridgehead atoms. The topological polar surface area (TPSA) is 35.5 Å². The van der Waals surface area contributed by atoms with Crippen molar-refractivity contribution in [3.63, 3.8) is 0 Å². The van der Waals surface area contributed by atoms with Gasteiger partial charge in [0.25, 0.3) is 0 Å². The fraction of sp³-hybridized carbons (Fsp3) is 0.625. The van der Waals surface area contributed by atoms with Crippen molar-refractivity contribution in [3.8, 4) is 0 Å². The lowest BCUT2D eigenvalue weighted by molar-refractivity contribution is 0.110. The van der Waals surface area contributed by atoms with Crippen molar-refractivity contribution in [3.05, 3.63) is 28.8 Å². The lowest BCUT2D eigenvalue weighted by Gasteiger charge is -2.36. The number of hydrogen-bond acceptors (Lipinski definition) is 3. The van der Waals surface area contributed by atoms with E-state index in [2.05, 4.69) is 29.3 Å². The third kappa shape index (κ3) is 3.87. The zero-order valence-electron chi connectivity index (χ0n) is 12.4. The quantitative estimate of drug-likeness (QED) is 0.877. The molecular formula is C16H25ClN2O. The lowest BCUT2D eigenvalue weighted by Crippen LogP contribution is -2.37. The van der Waals surface area contributed by atoms with Crippen LogP contribution in [-0.2, 0) is 6.54 Å². The molecule has 0 radical (unpaired) electrons. The highest BCUT2D eigenvalue weighted by molar-refractivity contribution is 6.30. The zero-order chi connectivity index (χ0) is 14.5. The van der Waals surface area contributed by atoms with E-state index in [0.29, 0.717) is 5.92 Å². The van der Waals surface area contributed by atoms with E-state index in [1.807, 2.05) is 13.0 Å². The Hall–Kier alpha value is -0.770. The maximum atomic E-state index is 9.70. The molecule has 1 saturated heterocycles. The molecule has 0 saturated carbocycles. The molecule has 1 aliphatic heterocycles. The van der Waals surface area contributed by atoms with Gasteiger partial charge in [-0.25, -0.2) is 0 Å². The Morgan fingerprint density at radius 3 is 2.70 bits per heavy atom. The largest absolute Gasteiger partial charge is 0.393 e. The van der Waals surface area contributed by atoms with Crippen LogP contribution in [0.15, 0.2) is 18.2 Å². The number of nitrogens with one attached hydrogen (secondary N) is 1. The summed E-state index contributed by atoms with van der Waals surface area (Å²) in [6, 6.07) is 6.14. The molecule has 0 aromatic heterocycles.